The lowest BCUT2D eigenvalue weighted by atomic mass is 9.97. The van der Waals surface area contributed by atoms with Crippen molar-refractivity contribution in [1.29, 1.82) is 0 Å². The lowest BCUT2D eigenvalue weighted by molar-refractivity contribution is 0.501. The van der Waals surface area contributed by atoms with Gasteiger partial charge in [0.15, 0.2) is 5.96 Å². The normalized spacial score (nSPS) is 16.2. The number of hydrogen-bond donors (Lipinski definition) is 2. The van der Waals surface area contributed by atoms with E-state index in [1.54, 1.807) is 7.05 Å². The average molecular weight is 183 g/mol. The zero-order valence-corrected chi connectivity index (χ0v) is 9.26. The zero-order chi connectivity index (χ0) is 10.4. The molecule has 1 unspecified atom stereocenters. The van der Waals surface area contributed by atoms with E-state index in [0.717, 1.165) is 5.70 Å². The van der Waals surface area contributed by atoms with E-state index in [4.69, 9.17) is 5.73 Å². The maximum absolute atomic E-state index is 5.52. The molecule has 76 valence electrons. The summed E-state index contributed by atoms with van der Waals surface area (Å²) in [6, 6.07) is 0. The smallest absolute Gasteiger partial charge is 0.193 e. The lowest BCUT2D eigenvalue weighted by Crippen LogP contribution is -2.27. The standard InChI is InChI=1S/C10H21N3/c1-7(2)8(3)6-9(4)13-10(11)12-5/h6-8H,1-5H3,(H3,11,12,13)/b9-6+. The highest BCUT2D eigenvalue weighted by Crippen LogP contribution is 2.13. The molecule has 0 saturated carbocycles. The van der Waals surface area contributed by atoms with E-state index in [2.05, 4.69) is 37.2 Å². The molecule has 0 amide bonds. The second kappa shape index (κ2) is 5.62. The van der Waals surface area contributed by atoms with Gasteiger partial charge in [-0.1, -0.05) is 26.8 Å². The van der Waals surface area contributed by atoms with Crippen LogP contribution < -0.4 is 11.1 Å². The maximum atomic E-state index is 5.52. The van der Waals surface area contributed by atoms with Crippen molar-refractivity contribution < 1.29 is 0 Å². The Hall–Kier alpha value is -0.990. The summed E-state index contributed by atoms with van der Waals surface area (Å²) in [5.41, 5.74) is 6.49. The number of guanidine groups is 1. The van der Waals surface area contributed by atoms with E-state index >= 15 is 0 Å². The minimum atomic E-state index is 0.463. The topological polar surface area (TPSA) is 50.4 Å². The molecule has 3 N–H and O–H groups in total. The third kappa shape index (κ3) is 5.28. The third-order valence-electron chi connectivity index (χ3n) is 2.11. The molecule has 0 fully saturated rings. The minimum Gasteiger partial charge on any atom is -0.370 e. The quantitative estimate of drug-likeness (QED) is 0.517. The van der Waals surface area contributed by atoms with E-state index in [-0.39, 0.29) is 0 Å². The molecule has 3 nitrogen and oxygen atoms in total. The number of nitrogens with one attached hydrogen (secondary N) is 1. The Kier molecular flexibility index (Phi) is 5.19. The number of hydrogen-bond acceptors (Lipinski definition) is 1. The van der Waals surface area contributed by atoms with Gasteiger partial charge in [0.2, 0.25) is 0 Å². The van der Waals surface area contributed by atoms with Gasteiger partial charge in [0.05, 0.1) is 0 Å². The monoisotopic (exact) mass is 183 g/mol. The highest BCUT2D eigenvalue weighted by molar-refractivity contribution is 5.78. The number of allylic oxidation sites excluding steroid dienone is 2. The van der Waals surface area contributed by atoms with Gasteiger partial charge in [-0.25, -0.2) is 4.99 Å². The molecule has 0 aromatic carbocycles. The second-order valence-corrected chi connectivity index (χ2v) is 3.66. The average Bonchev–Trinajstić information content (AvgIpc) is 2.03. The molecule has 0 heterocycles. The maximum Gasteiger partial charge on any atom is 0.193 e. The molecule has 0 rings (SSSR count). The predicted molar refractivity (Wildman–Crippen MR) is 58.4 cm³/mol. The first-order valence-corrected chi connectivity index (χ1v) is 4.67. The van der Waals surface area contributed by atoms with Gasteiger partial charge < -0.3 is 11.1 Å². The number of rotatable bonds is 3. The highest BCUT2D eigenvalue weighted by Gasteiger charge is 2.03. The molecule has 0 spiro atoms. The van der Waals surface area contributed by atoms with Crippen LogP contribution in [-0.4, -0.2) is 13.0 Å². The van der Waals surface area contributed by atoms with Crippen molar-refractivity contribution in [3.63, 3.8) is 0 Å². The van der Waals surface area contributed by atoms with Crippen molar-refractivity contribution in [2.24, 2.45) is 22.6 Å². The van der Waals surface area contributed by atoms with E-state index in [1.165, 1.54) is 0 Å². The van der Waals surface area contributed by atoms with Gasteiger partial charge in [-0.2, -0.15) is 0 Å². The number of nitrogens with zero attached hydrogens (tertiary/aromatic N) is 1. The zero-order valence-electron chi connectivity index (χ0n) is 9.26. The molecule has 13 heavy (non-hydrogen) atoms. The Bertz CT molecular complexity index is 204. The fourth-order valence-electron chi connectivity index (χ4n) is 0.856. The van der Waals surface area contributed by atoms with Crippen LogP contribution in [-0.2, 0) is 0 Å². The van der Waals surface area contributed by atoms with Crippen molar-refractivity contribution in [3.05, 3.63) is 11.8 Å². The first-order valence-electron chi connectivity index (χ1n) is 4.67. The fourth-order valence-corrected chi connectivity index (χ4v) is 0.856. The summed E-state index contributed by atoms with van der Waals surface area (Å²) in [6.07, 6.45) is 2.13. The molecule has 0 aromatic rings. The second-order valence-electron chi connectivity index (χ2n) is 3.66. The summed E-state index contributed by atoms with van der Waals surface area (Å²) in [5, 5.41) is 2.79. The van der Waals surface area contributed by atoms with Gasteiger partial charge >= 0.3 is 0 Å². The summed E-state index contributed by atoms with van der Waals surface area (Å²) >= 11 is 0. The van der Waals surface area contributed by atoms with Crippen molar-refractivity contribution in [1.82, 2.24) is 5.32 Å². The largest absolute Gasteiger partial charge is 0.370 e. The van der Waals surface area contributed by atoms with Gasteiger partial charge in [0, 0.05) is 12.7 Å². The first-order chi connectivity index (χ1) is 5.97. The number of nitrogens with two attached hydrogens (primary N) is 1. The van der Waals surface area contributed by atoms with Crippen LogP contribution in [0.1, 0.15) is 27.7 Å². The Labute approximate surface area is 81.1 Å². The summed E-state index contributed by atoms with van der Waals surface area (Å²) in [6.45, 7) is 8.53. The van der Waals surface area contributed by atoms with Gasteiger partial charge in [-0.3, -0.25) is 0 Å². The predicted octanol–water partition coefficient (Wildman–Crippen LogP) is 1.72. The van der Waals surface area contributed by atoms with Crippen LogP contribution >= 0.6 is 0 Å². The molecule has 1 atom stereocenters. The molecule has 3 heteroatoms. The number of aliphatic imine (C=N–C) groups is 1. The molecule has 0 aliphatic carbocycles. The minimum absolute atomic E-state index is 0.463. The summed E-state index contributed by atoms with van der Waals surface area (Å²) in [5.74, 6) is 1.64. The van der Waals surface area contributed by atoms with Crippen LogP contribution in [0.3, 0.4) is 0 Å². The van der Waals surface area contributed by atoms with Crippen LogP contribution in [0.15, 0.2) is 16.8 Å². The van der Waals surface area contributed by atoms with Crippen molar-refractivity contribution in [2.45, 2.75) is 27.7 Å². The van der Waals surface area contributed by atoms with Crippen molar-refractivity contribution in [3.8, 4) is 0 Å². The summed E-state index contributed by atoms with van der Waals surface area (Å²) in [7, 11) is 1.76. The molecule has 0 aliphatic heterocycles. The molecule has 0 bridgehead atoms. The van der Waals surface area contributed by atoms with E-state index in [9.17, 15) is 0 Å². The van der Waals surface area contributed by atoms with E-state index in [1.807, 2.05) is 6.92 Å². The molecular formula is C10H21N3. The Morgan fingerprint density at radius 2 is 1.92 bits per heavy atom. The van der Waals surface area contributed by atoms with Crippen LogP contribution in [0.4, 0.5) is 0 Å². The van der Waals surface area contributed by atoms with Gasteiger partial charge in [0.1, 0.15) is 0 Å². The molecule has 0 aliphatic rings. The van der Waals surface area contributed by atoms with Crippen molar-refractivity contribution >= 4 is 5.96 Å². The SMILES string of the molecule is CN/C(N)=N\C(C)=C\C(C)C(C)C. The summed E-state index contributed by atoms with van der Waals surface area (Å²) in [4.78, 5) is 4.16. The molecular weight excluding hydrogens is 162 g/mol. The molecule has 0 aromatic heterocycles. The summed E-state index contributed by atoms with van der Waals surface area (Å²) < 4.78 is 0. The van der Waals surface area contributed by atoms with Gasteiger partial charge in [-0.05, 0) is 18.8 Å². The Morgan fingerprint density at radius 3 is 2.31 bits per heavy atom. The van der Waals surface area contributed by atoms with Crippen LogP contribution in [0, 0.1) is 11.8 Å². The van der Waals surface area contributed by atoms with Crippen LogP contribution in [0.2, 0.25) is 0 Å². The van der Waals surface area contributed by atoms with Gasteiger partial charge in [-0.15, -0.1) is 0 Å². The third-order valence-corrected chi connectivity index (χ3v) is 2.11. The Morgan fingerprint density at radius 1 is 1.38 bits per heavy atom. The first kappa shape index (κ1) is 12.0. The fraction of sp³-hybridized carbons (Fsp3) is 0.700. The molecule has 0 saturated heterocycles. The lowest BCUT2D eigenvalue weighted by Gasteiger charge is -2.10. The van der Waals surface area contributed by atoms with Crippen LogP contribution in [0.5, 0.6) is 0 Å². The molecule has 0 radical (unpaired) electrons. The van der Waals surface area contributed by atoms with Gasteiger partial charge in [0.25, 0.3) is 0 Å². The van der Waals surface area contributed by atoms with E-state index < -0.39 is 0 Å². The highest BCUT2D eigenvalue weighted by atomic mass is 15.1. The Balaban J connectivity index is 4.32. The van der Waals surface area contributed by atoms with E-state index in [0.29, 0.717) is 17.8 Å². The van der Waals surface area contributed by atoms with Crippen LogP contribution in [0.25, 0.3) is 0 Å². The van der Waals surface area contributed by atoms with Crippen molar-refractivity contribution in [2.75, 3.05) is 7.05 Å².